The average molecular weight is 431 g/mol. The van der Waals surface area contributed by atoms with Crippen LogP contribution in [0.3, 0.4) is 0 Å². The van der Waals surface area contributed by atoms with Crippen molar-refractivity contribution in [1.82, 2.24) is 4.90 Å². The summed E-state index contributed by atoms with van der Waals surface area (Å²) in [4.78, 5) is 26.2. The van der Waals surface area contributed by atoms with Crippen LogP contribution in [0.5, 0.6) is 11.5 Å². The van der Waals surface area contributed by atoms with E-state index in [2.05, 4.69) is 14.1 Å². The zero-order valence-corrected chi connectivity index (χ0v) is 17.8. The molecule has 3 aliphatic heterocycles. The summed E-state index contributed by atoms with van der Waals surface area (Å²) in [6.07, 6.45) is 0.794. The van der Waals surface area contributed by atoms with Gasteiger partial charge in [-0.3, -0.25) is 4.79 Å². The molecule has 5 rings (SSSR count). The summed E-state index contributed by atoms with van der Waals surface area (Å²) < 4.78 is 18.0. The van der Waals surface area contributed by atoms with Crippen LogP contribution < -0.4 is 9.39 Å². The van der Waals surface area contributed by atoms with Gasteiger partial charge in [-0.2, -0.15) is 0 Å². The van der Waals surface area contributed by atoms with Gasteiger partial charge in [-0.25, -0.2) is 4.79 Å². The maximum absolute atomic E-state index is 12.6. The maximum atomic E-state index is 12.6. The van der Waals surface area contributed by atoms with Gasteiger partial charge in [0.2, 0.25) is 5.91 Å². The van der Waals surface area contributed by atoms with Crippen LogP contribution >= 0.6 is 0 Å². The van der Waals surface area contributed by atoms with Crippen LogP contribution in [-0.2, 0) is 9.53 Å². The SMILES string of the molecule is C[N+]1(C)CCO[C@H](CC(=O)N2CC(Oc3ccc4c(c3C(=O)O)OB(O)[C@H]3C[C@@H]43)C2)C1. The van der Waals surface area contributed by atoms with E-state index in [0.717, 1.165) is 29.6 Å². The normalized spacial score (nSPS) is 28.7. The van der Waals surface area contributed by atoms with Crippen LogP contribution in [-0.4, -0.2) is 97.6 Å². The molecule has 1 aliphatic carbocycles. The summed E-state index contributed by atoms with van der Waals surface area (Å²) in [5.41, 5.74) is 0.765. The highest BCUT2D eigenvalue weighted by Crippen LogP contribution is 2.60. The number of amides is 1. The standard InChI is InChI=1S/C21H27BN2O7/c1-24(2)5-6-29-12(11-24)7-18(25)23-9-13(10-23)30-17-4-3-14-15-8-16(15)22(28)31-20(14)19(17)21(26)27/h3-4,12-13,15-16,28H,5-11H2,1-2H3/p+1/t12-,15+,16+/m1/s1. The number of likely N-dealkylation sites (N-methyl/N-ethyl adjacent to an activating group) is 1. The van der Waals surface area contributed by atoms with Gasteiger partial charge in [0.25, 0.3) is 0 Å². The van der Waals surface area contributed by atoms with E-state index >= 15 is 0 Å². The highest BCUT2D eigenvalue weighted by Gasteiger charge is 2.54. The predicted molar refractivity (Wildman–Crippen MR) is 110 cm³/mol. The fourth-order valence-electron chi connectivity index (χ4n) is 4.90. The molecule has 0 spiro atoms. The van der Waals surface area contributed by atoms with Crippen molar-refractivity contribution in [2.75, 3.05) is 46.9 Å². The molecular formula is C21H28BN2O7+. The smallest absolute Gasteiger partial charge is 0.526 e. The zero-order valence-electron chi connectivity index (χ0n) is 17.8. The van der Waals surface area contributed by atoms with E-state index in [9.17, 15) is 19.7 Å². The number of morpholine rings is 1. The fourth-order valence-corrected chi connectivity index (χ4v) is 4.90. The molecule has 0 aromatic heterocycles. The van der Waals surface area contributed by atoms with Crippen molar-refractivity contribution >= 4 is 19.0 Å². The van der Waals surface area contributed by atoms with E-state index in [-0.39, 0.29) is 46.9 Å². The van der Waals surface area contributed by atoms with Crippen LogP contribution in [0.1, 0.15) is 34.7 Å². The maximum Gasteiger partial charge on any atom is 0.526 e. The Balaban J connectivity index is 1.21. The minimum absolute atomic E-state index is 0.0295. The van der Waals surface area contributed by atoms with Crippen LogP contribution in [0.25, 0.3) is 0 Å². The summed E-state index contributed by atoms with van der Waals surface area (Å²) in [6, 6.07) is 3.49. The number of hydrogen-bond acceptors (Lipinski definition) is 6. The van der Waals surface area contributed by atoms with Crippen molar-refractivity contribution in [1.29, 1.82) is 0 Å². The predicted octanol–water partition coefficient (Wildman–Crippen LogP) is 0.570. The van der Waals surface area contributed by atoms with Crippen molar-refractivity contribution in [3.8, 4) is 11.5 Å². The number of ether oxygens (including phenoxy) is 2. The third-order valence-corrected chi connectivity index (χ3v) is 6.85. The number of quaternary nitrogens is 1. The molecule has 1 aromatic carbocycles. The van der Waals surface area contributed by atoms with Crippen LogP contribution in [0.4, 0.5) is 0 Å². The van der Waals surface area contributed by atoms with E-state index in [1.807, 2.05) is 6.07 Å². The number of hydrogen-bond donors (Lipinski definition) is 2. The van der Waals surface area contributed by atoms with E-state index < -0.39 is 13.1 Å². The van der Waals surface area contributed by atoms with Crippen LogP contribution in [0.2, 0.25) is 5.82 Å². The highest BCUT2D eigenvalue weighted by molar-refractivity contribution is 6.48. The number of aromatic carboxylic acids is 1. The van der Waals surface area contributed by atoms with Gasteiger partial charge in [-0.1, -0.05) is 6.07 Å². The molecule has 0 bridgehead atoms. The summed E-state index contributed by atoms with van der Waals surface area (Å²) >= 11 is 0. The average Bonchev–Trinajstić information content (AvgIpc) is 3.44. The van der Waals surface area contributed by atoms with Gasteiger partial charge in [0.1, 0.15) is 42.4 Å². The van der Waals surface area contributed by atoms with Gasteiger partial charge in [-0.15, -0.1) is 0 Å². The third kappa shape index (κ3) is 3.88. The molecule has 3 heterocycles. The van der Waals surface area contributed by atoms with E-state index in [0.29, 0.717) is 26.1 Å². The van der Waals surface area contributed by atoms with Gasteiger partial charge in [-0.05, 0) is 24.0 Å². The molecule has 166 valence electrons. The Hall–Kier alpha value is -2.30. The molecule has 3 fully saturated rings. The summed E-state index contributed by atoms with van der Waals surface area (Å²) in [5.74, 6) is -0.511. The first-order valence-electron chi connectivity index (χ1n) is 10.8. The number of carbonyl (C=O) groups is 2. The molecule has 31 heavy (non-hydrogen) atoms. The number of rotatable bonds is 5. The summed E-state index contributed by atoms with van der Waals surface area (Å²) in [5, 5.41) is 19.8. The lowest BCUT2D eigenvalue weighted by molar-refractivity contribution is -0.901. The van der Waals surface area contributed by atoms with Crippen LogP contribution in [0, 0.1) is 0 Å². The zero-order chi connectivity index (χ0) is 21.9. The number of carboxylic acid groups (broad SMARTS) is 1. The minimum atomic E-state index is -1.15. The first-order chi connectivity index (χ1) is 14.7. The number of carboxylic acids is 1. The highest BCUT2D eigenvalue weighted by atomic mass is 16.5. The first kappa shape index (κ1) is 20.6. The van der Waals surface area contributed by atoms with Crippen molar-refractivity contribution < 1.29 is 38.3 Å². The lowest BCUT2D eigenvalue weighted by atomic mass is 9.77. The van der Waals surface area contributed by atoms with Gasteiger partial charge in [0, 0.05) is 5.82 Å². The Morgan fingerprint density at radius 3 is 2.81 bits per heavy atom. The second-order valence-corrected chi connectivity index (χ2v) is 9.75. The molecule has 1 amide bonds. The van der Waals surface area contributed by atoms with Crippen LogP contribution in [0.15, 0.2) is 12.1 Å². The molecule has 10 heteroatoms. The van der Waals surface area contributed by atoms with Crippen molar-refractivity contribution in [3.63, 3.8) is 0 Å². The van der Waals surface area contributed by atoms with Gasteiger partial charge in [0.05, 0.1) is 40.2 Å². The largest absolute Gasteiger partial charge is 0.535 e. The number of nitrogens with zero attached hydrogens (tertiary/aromatic N) is 2. The van der Waals surface area contributed by atoms with Crippen molar-refractivity contribution in [2.24, 2.45) is 0 Å². The molecule has 1 saturated carbocycles. The van der Waals surface area contributed by atoms with Crippen molar-refractivity contribution in [2.45, 2.75) is 36.8 Å². The Morgan fingerprint density at radius 2 is 2.10 bits per heavy atom. The topological polar surface area (TPSA) is 106 Å². The molecule has 4 aliphatic rings. The van der Waals surface area contributed by atoms with Crippen molar-refractivity contribution in [3.05, 3.63) is 23.3 Å². The Labute approximate surface area is 181 Å². The minimum Gasteiger partial charge on any atom is -0.535 e. The number of fused-ring (bicyclic) bond motifs is 3. The van der Waals surface area contributed by atoms with Gasteiger partial charge in [0.15, 0.2) is 0 Å². The molecule has 1 aromatic rings. The van der Waals surface area contributed by atoms with E-state index in [1.54, 1.807) is 11.0 Å². The number of benzene rings is 1. The second kappa shape index (κ2) is 7.39. The lowest BCUT2D eigenvalue weighted by Crippen LogP contribution is -2.58. The molecular weight excluding hydrogens is 403 g/mol. The summed E-state index contributed by atoms with van der Waals surface area (Å²) in [7, 11) is 3.30. The van der Waals surface area contributed by atoms with Gasteiger partial charge >= 0.3 is 13.1 Å². The molecule has 2 saturated heterocycles. The van der Waals surface area contributed by atoms with E-state index in [1.165, 1.54) is 0 Å². The quantitative estimate of drug-likeness (QED) is 0.519. The third-order valence-electron chi connectivity index (χ3n) is 6.85. The lowest BCUT2D eigenvalue weighted by Gasteiger charge is -2.41. The first-order valence-corrected chi connectivity index (χ1v) is 10.8. The Kier molecular flexibility index (Phi) is 4.91. The molecule has 9 nitrogen and oxygen atoms in total. The molecule has 2 N–H and O–H groups in total. The molecule has 0 radical (unpaired) electrons. The monoisotopic (exact) mass is 431 g/mol. The number of likely N-dealkylation sites (tertiary alicyclic amines) is 1. The Bertz CT molecular complexity index is 917. The summed E-state index contributed by atoms with van der Waals surface area (Å²) in [6.45, 7) is 3.23. The van der Waals surface area contributed by atoms with E-state index in [4.69, 9.17) is 14.1 Å². The fraction of sp³-hybridized carbons (Fsp3) is 0.619. The molecule has 0 unspecified atom stereocenters. The number of carbonyl (C=O) groups excluding carboxylic acids is 1. The molecule has 3 atom stereocenters. The van der Waals surface area contributed by atoms with Gasteiger partial charge < -0.3 is 33.6 Å². The Morgan fingerprint density at radius 1 is 1.32 bits per heavy atom. The second-order valence-electron chi connectivity index (χ2n) is 9.75.